The van der Waals surface area contributed by atoms with E-state index in [4.69, 9.17) is 4.74 Å². The van der Waals surface area contributed by atoms with Gasteiger partial charge in [-0.15, -0.1) is 0 Å². The van der Waals surface area contributed by atoms with Gasteiger partial charge in [-0.05, 0) is 6.07 Å². The van der Waals surface area contributed by atoms with E-state index in [1.807, 2.05) is 0 Å². The number of halogens is 1. The smallest absolute Gasteiger partial charge is 0.236 e. The van der Waals surface area contributed by atoms with Crippen LogP contribution in [0.4, 0.5) is 4.39 Å². The Bertz CT molecular complexity index is 423. The maximum atomic E-state index is 13.9. The molecule has 0 saturated carbocycles. The van der Waals surface area contributed by atoms with Crippen molar-refractivity contribution in [2.75, 3.05) is 26.7 Å². The van der Waals surface area contributed by atoms with E-state index in [2.05, 4.69) is 5.32 Å². The third-order valence-electron chi connectivity index (χ3n) is 2.81. The molecule has 5 heteroatoms. The van der Waals surface area contributed by atoms with Gasteiger partial charge in [0.25, 0.3) is 0 Å². The Kier molecular flexibility index (Phi) is 3.58. The van der Waals surface area contributed by atoms with Crippen LogP contribution in [0.3, 0.4) is 0 Å². The molecule has 0 spiro atoms. The highest BCUT2D eigenvalue weighted by Gasteiger charge is 2.19. The molecule has 1 amide bonds. The van der Waals surface area contributed by atoms with Gasteiger partial charge < -0.3 is 15.0 Å². The normalized spacial score (nSPS) is 16.1. The first kappa shape index (κ1) is 11.9. The zero-order valence-corrected chi connectivity index (χ0v) is 9.70. The van der Waals surface area contributed by atoms with Crippen LogP contribution in [0.25, 0.3) is 0 Å². The predicted molar refractivity (Wildman–Crippen MR) is 61.2 cm³/mol. The summed E-state index contributed by atoms with van der Waals surface area (Å²) in [6.07, 6.45) is 0. The minimum atomic E-state index is -0.388. The van der Waals surface area contributed by atoms with Crippen molar-refractivity contribution in [3.8, 4) is 5.75 Å². The minimum Gasteiger partial charge on any atom is -0.494 e. The average Bonchev–Trinajstić information content (AvgIpc) is 2.34. The number of benzene rings is 1. The Labute approximate surface area is 99.4 Å². The van der Waals surface area contributed by atoms with Crippen LogP contribution in [0.15, 0.2) is 18.2 Å². The van der Waals surface area contributed by atoms with E-state index in [0.717, 1.165) is 6.54 Å². The number of hydrogen-bond acceptors (Lipinski definition) is 3. The Hall–Kier alpha value is -1.62. The van der Waals surface area contributed by atoms with E-state index < -0.39 is 0 Å². The first-order chi connectivity index (χ1) is 8.22. The molecule has 0 atom stereocenters. The lowest BCUT2D eigenvalue weighted by molar-refractivity contribution is -0.132. The fourth-order valence-corrected chi connectivity index (χ4v) is 1.85. The number of hydrogen-bond donors (Lipinski definition) is 1. The first-order valence-corrected chi connectivity index (χ1v) is 5.52. The number of ether oxygens (including phenoxy) is 1. The van der Waals surface area contributed by atoms with E-state index in [1.165, 1.54) is 7.11 Å². The van der Waals surface area contributed by atoms with Gasteiger partial charge >= 0.3 is 0 Å². The lowest BCUT2D eigenvalue weighted by atomic mass is 10.1. The third-order valence-corrected chi connectivity index (χ3v) is 2.81. The molecule has 1 aliphatic rings. The number of nitrogens with zero attached hydrogens (tertiary/aromatic N) is 1. The van der Waals surface area contributed by atoms with E-state index in [-0.39, 0.29) is 17.5 Å². The Morgan fingerprint density at radius 3 is 3.06 bits per heavy atom. The number of methoxy groups -OCH3 is 1. The monoisotopic (exact) mass is 238 g/mol. The Morgan fingerprint density at radius 1 is 1.53 bits per heavy atom. The van der Waals surface area contributed by atoms with Gasteiger partial charge in [0.1, 0.15) is 0 Å². The summed E-state index contributed by atoms with van der Waals surface area (Å²) in [5, 5.41) is 2.98. The summed E-state index contributed by atoms with van der Waals surface area (Å²) in [5.41, 5.74) is 0.486. The number of piperazine rings is 1. The second kappa shape index (κ2) is 5.14. The Balaban J connectivity index is 2.15. The van der Waals surface area contributed by atoms with Crippen LogP contribution in [0.1, 0.15) is 5.56 Å². The highest BCUT2D eigenvalue weighted by atomic mass is 19.1. The standard InChI is InChI=1S/C12H15FN2O2/c1-17-10-4-2-3-9(12(10)13)8-15-6-5-14-7-11(15)16/h2-4,14H,5-8H2,1H3. The molecular weight excluding hydrogens is 223 g/mol. The predicted octanol–water partition coefficient (Wildman–Crippen LogP) is 0.766. The molecular formula is C12H15FN2O2. The van der Waals surface area contributed by atoms with Crippen LogP contribution in [0.2, 0.25) is 0 Å². The van der Waals surface area contributed by atoms with E-state index in [9.17, 15) is 9.18 Å². The van der Waals surface area contributed by atoms with Crippen molar-refractivity contribution < 1.29 is 13.9 Å². The van der Waals surface area contributed by atoms with E-state index in [1.54, 1.807) is 23.1 Å². The molecule has 0 bridgehead atoms. The van der Waals surface area contributed by atoms with Gasteiger partial charge in [0.15, 0.2) is 11.6 Å². The molecule has 0 radical (unpaired) electrons. The molecule has 4 nitrogen and oxygen atoms in total. The summed E-state index contributed by atoms with van der Waals surface area (Å²) in [6, 6.07) is 4.97. The summed E-state index contributed by atoms with van der Waals surface area (Å²) in [6.45, 7) is 1.97. The lowest BCUT2D eigenvalue weighted by Gasteiger charge is -2.27. The van der Waals surface area contributed by atoms with Crippen molar-refractivity contribution in [2.24, 2.45) is 0 Å². The molecule has 0 unspecified atom stereocenters. The van der Waals surface area contributed by atoms with E-state index in [0.29, 0.717) is 25.2 Å². The minimum absolute atomic E-state index is 0.00142. The van der Waals surface area contributed by atoms with Gasteiger partial charge in [0, 0.05) is 25.2 Å². The van der Waals surface area contributed by atoms with Crippen LogP contribution in [-0.4, -0.2) is 37.6 Å². The molecule has 0 aromatic heterocycles. The molecule has 92 valence electrons. The number of nitrogens with one attached hydrogen (secondary N) is 1. The van der Waals surface area contributed by atoms with Gasteiger partial charge in [-0.3, -0.25) is 4.79 Å². The lowest BCUT2D eigenvalue weighted by Crippen LogP contribution is -2.47. The largest absolute Gasteiger partial charge is 0.494 e. The highest BCUT2D eigenvalue weighted by molar-refractivity contribution is 5.79. The second-order valence-electron chi connectivity index (χ2n) is 3.93. The molecule has 1 fully saturated rings. The fraction of sp³-hybridized carbons (Fsp3) is 0.417. The van der Waals surface area contributed by atoms with Gasteiger partial charge in [-0.2, -0.15) is 0 Å². The van der Waals surface area contributed by atoms with Gasteiger partial charge in [-0.1, -0.05) is 12.1 Å². The number of amides is 1. The van der Waals surface area contributed by atoms with Crippen LogP contribution < -0.4 is 10.1 Å². The van der Waals surface area contributed by atoms with Gasteiger partial charge in [-0.25, -0.2) is 4.39 Å². The maximum absolute atomic E-state index is 13.9. The molecule has 17 heavy (non-hydrogen) atoms. The fourth-order valence-electron chi connectivity index (χ4n) is 1.85. The molecule has 1 N–H and O–H groups in total. The van der Waals surface area contributed by atoms with Gasteiger partial charge in [0.05, 0.1) is 13.7 Å². The zero-order valence-electron chi connectivity index (χ0n) is 9.70. The SMILES string of the molecule is COc1cccc(CN2CCNCC2=O)c1F. The molecule has 1 saturated heterocycles. The maximum Gasteiger partial charge on any atom is 0.236 e. The van der Waals surface area contributed by atoms with Crippen LogP contribution in [0.5, 0.6) is 5.75 Å². The molecule has 1 heterocycles. The van der Waals surface area contributed by atoms with Crippen molar-refractivity contribution in [1.29, 1.82) is 0 Å². The topological polar surface area (TPSA) is 41.6 Å². The number of carbonyl (C=O) groups is 1. The van der Waals surface area contributed by atoms with Gasteiger partial charge in [0.2, 0.25) is 5.91 Å². The summed E-state index contributed by atoms with van der Waals surface area (Å²) in [4.78, 5) is 13.2. The molecule has 1 aliphatic heterocycles. The molecule has 2 rings (SSSR count). The molecule has 1 aromatic carbocycles. The van der Waals surface area contributed by atoms with Crippen molar-refractivity contribution >= 4 is 5.91 Å². The number of carbonyl (C=O) groups excluding carboxylic acids is 1. The molecule has 1 aromatic rings. The van der Waals surface area contributed by atoms with Crippen LogP contribution >= 0.6 is 0 Å². The average molecular weight is 238 g/mol. The quantitative estimate of drug-likeness (QED) is 0.845. The highest BCUT2D eigenvalue weighted by Crippen LogP contribution is 2.21. The van der Waals surface area contributed by atoms with Crippen LogP contribution in [-0.2, 0) is 11.3 Å². The van der Waals surface area contributed by atoms with Crippen LogP contribution in [0, 0.1) is 5.82 Å². The summed E-state index contributed by atoms with van der Waals surface area (Å²) in [7, 11) is 1.43. The van der Waals surface area contributed by atoms with E-state index >= 15 is 0 Å². The van der Waals surface area contributed by atoms with Crippen molar-refractivity contribution in [2.45, 2.75) is 6.54 Å². The first-order valence-electron chi connectivity index (χ1n) is 5.52. The third kappa shape index (κ3) is 2.55. The van der Waals surface area contributed by atoms with Crippen molar-refractivity contribution in [3.05, 3.63) is 29.6 Å². The second-order valence-corrected chi connectivity index (χ2v) is 3.93. The zero-order chi connectivity index (χ0) is 12.3. The number of rotatable bonds is 3. The summed E-state index contributed by atoms with van der Waals surface area (Å²) >= 11 is 0. The van der Waals surface area contributed by atoms with Crippen molar-refractivity contribution in [3.63, 3.8) is 0 Å². The summed E-state index contributed by atoms with van der Waals surface area (Å²) < 4.78 is 18.8. The van der Waals surface area contributed by atoms with Crippen molar-refractivity contribution in [1.82, 2.24) is 10.2 Å². The Morgan fingerprint density at radius 2 is 2.35 bits per heavy atom. The molecule has 0 aliphatic carbocycles. The summed E-state index contributed by atoms with van der Waals surface area (Å²) in [5.74, 6) is -0.176.